The van der Waals surface area contributed by atoms with E-state index in [-0.39, 0.29) is 60.4 Å². The highest BCUT2D eigenvalue weighted by Crippen LogP contribution is 2.39. The highest BCUT2D eigenvalue weighted by atomic mass is 16.5. The quantitative estimate of drug-likeness (QED) is 0.0594. The molecule has 0 spiro atoms. The van der Waals surface area contributed by atoms with Gasteiger partial charge in [-0.1, -0.05) is 57.2 Å². The number of aromatic hydroxyl groups is 1. The summed E-state index contributed by atoms with van der Waals surface area (Å²) in [6.07, 6.45) is 0.730. The average Bonchev–Trinajstić information content (AvgIpc) is 3.28. The minimum Gasteiger partial charge on any atom is -0.507 e. The Morgan fingerprint density at radius 2 is 1.66 bits per heavy atom. The molecular formula is C49H63N11O7. The summed E-state index contributed by atoms with van der Waals surface area (Å²) in [5, 5.41) is 34.4. The Balaban J connectivity index is 1.54. The molecule has 1 aromatic heterocycles. The van der Waals surface area contributed by atoms with Gasteiger partial charge in [-0.25, -0.2) is 9.97 Å². The maximum atomic E-state index is 14.7. The largest absolute Gasteiger partial charge is 0.507 e. The summed E-state index contributed by atoms with van der Waals surface area (Å²) in [5.41, 5.74) is 16.0. The fraction of sp³-hybridized carbons (Fsp3) is 0.429. The second kappa shape index (κ2) is 23.0. The number of phenols is 1. The van der Waals surface area contributed by atoms with Crippen molar-refractivity contribution in [3.05, 3.63) is 94.3 Å². The van der Waals surface area contributed by atoms with Gasteiger partial charge >= 0.3 is 0 Å². The van der Waals surface area contributed by atoms with Crippen molar-refractivity contribution in [1.29, 1.82) is 5.26 Å². The molecule has 4 atom stereocenters. The van der Waals surface area contributed by atoms with Crippen LogP contribution in [-0.4, -0.2) is 114 Å². The first-order valence-corrected chi connectivity index (χ1v) is 22.4. The number of nitrogens with two attached hydrogens (primary N) is 2. The Hall–Kier alpha value is -6.94. The first-order valence-electron chi connectivity index (χ1n) is 22.4. The van der Waals surface area contributed by atoms with Gasteiger partial charge in [-0.15, -0.1) is 0 Å². The molecule has 2 heterocycles. The number of fused-ring (bicyclic) bond motifs is 5. The van der Waals surface area contributed by atoms with E-state index in [9.17, 15) is 29.1 Å². The van der Waals surface area contributed by atoms with Gasteiger partial charge in [0.2, 0.25) is 23.6 Å². The third-order valence-corrected chi connectivity index (χ3v) is 11.5. The smallest absolute Gasteiger partial charge is 0.255 e. The number of nitrogens with one attached hydrogen (secondary N) is 5. The number of nitriles is 1. The number of hydrogen-bond donors (Lipinski definition) is 8. The van der Waals surface area contributed by atoms with Gasteiger partial charge in [-0.05, 0) is 99.6 Å². The van der Waals surface area contributed by atoms with Crippen molar-refractivity contribution in [3.63, 3.8) is 0 Å². The molecular weight excluding hydrogens is 855 g/mol. The van der Waals surface area contributed by atoms with Gasteiger partial charge in [0, 0.05) is 36.7 Å². The Kier molecular flexibility index (Phi) is 17.5. The normalized spacial score (nSPS) is 16.6. The van der Waals surface area contributed by atoms with Gasteiger partial charge in [-0.3, -0.25) is 24.0 Å². The van der Waals surface area contributed by atoms with E-state index in [0.717, 1.165) is 17.5 Å². The lowest BCUT2D eigenvalue weighted by Gasteiger charge is -2.32. The summed E-state index contributed by atoms with van der Waals surface area (Å²) in [5.74, 6) is -2.78. The van der Waals surface area contributed by atoms with Gasteiger partial charge in [0.15, 0.2) is 5.82 Å². The molecule has 5 amide bonds. The van der Waals surface area contributed by atoms with Crippen molar-refractivity contribution in [3.8, 4) is 40.1 Å². The molecule has 0 saturated carbocycles. The van der Waals surface area contributed by atoms with E-state index in [1.54, 1.807) is 44.2 Å². The van der Waals surface area contributed by atoms with Gasteiger partial charge < -0.3 is 52.8 Å². The Morgan fingerprint density at radius 3 is 2.30 bits per heavy atom. The summed E-state index contributed by atoms with van der Waals surface area (Å²) in [7, 11) is 1.40. The van der Waals surface area contributed by atoms with E-state index in [0.29, 0.717) is 53.7 Å². The summed E-state index contributed by atoms with van der Waals surface area (Å²) >= 11 is 0. The minimum absolute atomic E-state index is 0.00739. The van der Waals surface area contributed by atoms with E-state index >= 15 is 0 Å². The van der Waals surface area contributed by atoms with E-state index in [1.807, 2.05) is 30.3 Å². The molecule has 0 fully saturated rings. The number of carbonyl (C=O) groups excluding carboxylic acids is 5. The first kappa shape index (κ1) is 51.1. The predicted molar refractivity (Wildman–Crippen MR) is 254 cm³/mol. The van der Waals surface area contributed by atoms with Crippen molar-refractivity contribution >= 4 is 29.5 Å². The molecule has 3 aromatic carbocycles. The molecule has 0 radical (unpaired) electrons. The molecule has 0 aliphatic carbocycles. The van der Waals surface area contributed by atoms with Crippen LogP contribution >= 0.6 is 0 Å². The van der Waals surface area contributed by atoms with E-state index in [1.165, 1.54) is 24.9 Å². The number of phenolic OH excluding ortho intramolecular Hbond substituents is 1. The maximum Gasteiger partial charge on any atom is 0.255 e. The molecule has 5 rings (SSSR count). The lowest BCUT2D eigenvalue weighted by molar-refractivity contribution is -0.141. The van der Waals surface area contributed by atoms with Crippen LogP contribution in [0.15, 0.2) is 60.7 Å². The molecule has 1 aliphatic rings. The fourth-order valence-electron chi connectivity index (χ4n) is 7.79. The van der Waals surface area contributed by atoms with Crippen LogP contribution in [0.3, 0.4) is 0 Å². The number of amides is 5. The summed E-state index contributed by atoms with van der Waals surface area (Å²) in [4.78, 5) is 80.9. The minimum atomic E-state index is -1.43. The van der Waals surface area contributed by atoms with Gasteiger partial charge in [0.25, 0.3) is 5.91 Å². The molecule has 10 N–H and O–H groups in total. The summed E-state index contributed by atoms with van der Waals surface area (Å²) in [6.45, 7) is 12.8. The van der Waals surface area contributed by atoms with Crippen LogP contribution in [0.1, 0.15) is 85.0 Å². The number of aromatic nitrogens is 2. The van der Waals surface area contributed by atoms with Crippen molar-refractivity contribution < 1.29 is 33.8 Å². The van der Waals surface area contributed by atoms with Crippen LogP contribution in [0.4, 0.5) is 0 Å². The highest BCUT2D eigenvalue weighted by molar-refractivity contribution is 6.00. The Morgan fingerprint density at radius 1 is 0.955 bits per heavy atom. The summed E-state index contributed by atoms with van der Waals surface area (Å²) < 4.78 is 6.24. The van der Waals surface area contributed by atoms with Crippen molar-refractivity contribution in [1.82, 2.24) is 41.5 Å². The molecule has 1 aliphatic heterocycles. The lowest BCUT2D eigenvalue weighted by atomic mass is 9.86. The zero-order valence-electron chi connectivity index (χ0n) is 39.3. The van der Waals surface area contributed by atoms with Crippen molar-refractivity contribution in [2.45, 2.75) is 90.4 Å². The number of benzene rings is 3. The second-order valence-corrected chi connectivity index (χ2v) is 17.6. The SMILES string of the molecule is Cc1nc(-c2ccc(C(C)(C)C)cc2)nc(C)c1C(=O)NC(CCN)C(=O)N(C)C1C(=O)NC(C)C(=O)NC(C(=O)NCC#N)Cc2ccc(O)c(c2)-c2cc1ccc2OCCNCCCN. The van der Waals surface area contributed by atoms with Crippen LogP contribution in [0.2, 0.25) is 0 Å². The van der Waals surface area contributed by atoms with Crippen LogP contribution in [0.5, 0.6) is 11.5 Å². The third kappa shape index (κ3) is 12.9. The van der Waals surface area contributed by atoms with Gasteiger partial charge in [0.05, 0.1) is 23.0 Å². The molecule has 67 heavy (non-hydrogen) atoms. The number of nitrogens with zero attached hydrogens (tertiary/aromatic N) is 4. The molecule has 18 heteroatoms. The highest BCUT2D eigenvalue weighted by Gasteiger charge is 2.36. The monoisotopic (exact) mass is 917 g/mol. The third-order valence-electron chi connectivity index (χ3n) is 11.5. The van der Waals surface area contributed by atoms with E-state index < -0.39 is 53.7 Å². The molecule has 0 saturated heterocycles. The van der Waals surface area contributed by atoms with E-state index in [2.05, 4.69) is 57.3 Å². The standard InChI is InChI=1S/C49H63N11O7/c1-28-41(29(2)56-43(55-28)32-10-13-34(14-11-32)49(4,5)6)46(64)58-37(17-19-51)48(66)60(7)42-33-12-16-40(67-24-23-53-21-8-18-50)36(27-33)35-25-31(9-15-39(35)61)26-38(45(63)54-22-20-52)59-44(62)30(3)57-47(42)65/h9-16,25,27,30,37-38,42,53,61H,8,17-19,21-24,26,50-51H2,1-7H3,(H,54,63)(H,57,65)(H,58,64)(H,59,62). The number of carbonyl (C=O) groups is 5. The van der Waals surface area contributed by atoms with Crippen molar-refractivity contribution in [2.75, 3.05) is 46.4 Å². The molecule has 356 valence electrons. The number of likely N-dealkylation sites (N-methyl/N-ethyl adjacent to an activating group) is 1. The Bertz CT molecular complexity index is 2460. The maximum absolute atomic E-state index is 14.7. The number of ether oxygens (including phenoxy) is 1. The average molecular weight is 918 g/mol. The fourth-order valence-corrected chi connectivity index (χ4v) is 7.79. The topological polar surface area (TPSA) is 280 Å². The second-order valence-electron chi connectivity index (χ2n) is 17.6. The molecule has 4 bridgehead atoms. The lowest BCUT2D eigenvalue weighted by Crippen LogP contribution is -2.56. The number of hydrogen-bond acceptors (Lipinski definition) is 13. The first-order chi connectivity index (χ1) is 31.9. The van der Waals surface area contributed by atoms with Crippen molar-refractivity contribution in [2.24, 2.45) is 11.5 Å². The zero-order valence-corrected chi connectivity index (χ0v) is 39.3. The van der Waals surface area contributed by atoms with E-state index in [4.69, 9.17) is 21.5 Å². The zero-order chi connectivity index (χ0) is 49.0. The number of rotatable bonds is 16. The predicted octanol–water partition coefficient (Wildman–Crippen LogP) is 2.58. The molecule has 18 nitrogen and oxygen atoms in total. The van der Waals surface area contributed by atoms with Crippen LogP contribution in [0.25, 0.3) is 22.5 Å². The Labute approximate surface area is 391 Å². The molecule has 4 aromatic rings. The van der Waals surface area contributed by atoms with Crippen LogP contribution < -0.4 is 42.8 Å². The van der Waals surface area contributed by atoms with Gasteiger partial charge in [0.1, 0.15) is 48.8 Å². The molecule has 4 unspecified atom stereocenters. The summed E-state index contributed by atoms with van der Waals surface area (Å²) in [6, 6.07) is 14.3. The van der Waals surface area contributed by atoms with Crippen LogP contribution in [-0.2, 0) is 31.0 Å². The van der Waals surface area contributed by atoms with Gasteiger partial charge in [-0.2, -0.15) is 5.26 Å². The van der Waals surface area contributed by atoms with Crippen LogP contribution in [0, 0.1) is 25.2 Å². The number of aryl methyl sites for hydroxylation is 2.